The summed E-state index contributed by atoms with van der Waals surface area (Å²) >= 11 is 11.9. The average molecular weight is 428 g/mol. The van der Waals surface area contributed by atoms with Crippen LogP contribution in [0.25, 0.3) is 11.3 Å². The lowest BCUT2D eigenvalue weighted by Crippen LogP contribution is -2.30. The molecule has 1 aliphatic rings. The first kappa shape index (κ1) is 19.9. The summed E-state index contributed by atoms with van der Waals surface area (Å²) in [6.07, 6.45) is 2.39. The van der Waals surface area contributed by atoms with Gasteiger partial charge in [0.2, 0.25) is 0 Å². The average Bonchev–Trinajstić information content (AvgIpc) is 3.33. The van der Waals surface area contributed by atoms with Gasteiger partial charge in [-0.3, -0.25) is 4.98 Å². The van der Waals surface area contributed by atoms with E-state index in [9.17, 15) is 5.11 Å². The van der Waals surface area contributed by atoms with E-state index >= 15 is 0 Å². The van der Waals surface area contributed by atoms with Gasteiger partial charge in [0.25, 0.3) is 0 Å². The molecule has 0 radical (unpaired) electrons. The molecule has 0 bridgehead atoms. The van der Waals surface area contributed by atoms with Crippen LogP contribution in [-0.2, 0) is 0 Å². The van der Waals surface area contributed by atoms with Crippen molar-refractivity contribution in [2.45, 2.75) is 25.4 Å². The van der Waals surface area contributed by atoms with Crippen LogP contribution in [0.15, 0.2) is 59.1 Å². The Morgan fingerprint density at radius 3 is 2.83 bits per heavy atom. The Labute approximate surface area is 180 Å². The molecule has 1 fully saturated rings. The van der Waals surface area contributed by atoms with Crippen molar-refractivity contribution < 1.29 is 9.52 Å². The Bertz CT molecular complexity index is 1010. The molecule has 2 aromatic heterocycles. The third kappa shape index (κ3) is 3.88. The summed E-state index contributed by atoms with van der Waals surface area (Å²) in [5.74, 6) is 1.56. The molecule has 2 atom stereocenters. The van der Waals surface area contributed by atoms with Gasteiger partial charge in [0.1, 0.15) is 17.6 Å². The van der Waals surface area contributed by atoms with Gasteiger partial charge in [-0.05, 0) is 61.5 Å². The number of aliphatic hydroxyl groups is 1. The first-order chi connectivity index (χ1) is 14.1. The largest absolute Gasteiger partial charge is 0.459 e. The highest BCUT2D eigenvalue weighted by Gasteiger charge is 2.41. The zero-order valence-corrected chi connectivity index (χ0v) is 17.6. The molecule has 0 aliphatic carbocycles. The van der Waals surface area contributed by atoms with E-state index in [0.29, 0.717) is 23.1 Å². The van der Waals surface area contributed by atoms with Crippen LogP contribution in [0.2, 0.25) is 5.02 Å². The van der Waals surface area contributed by atoms with Crippen molar-refractivity contribution >= 4 is 28.9 Å². The first-order valence-electron chi connectivity index (χ1n) is 9.54. The maximum absolute atomic E-state index is 9.32. The van der Waals surface area contributed by atoms with E-state index in [-0.39, 0.29) is 18.7 Å². The predicted molar refractivity (Wildman–Crippen MR) is 118 cm³/mol. The van der Waals surface area contributed by atoms with Gasteiger partial charge in [-0.25, -0.2) is 0 Å². The summed E-state index contributed by atoms with van der Waals surface area (Å²) in [6, 6.07) is 15.3. The van der Waals surface area contributed by atoms with Gasteiger partial charge in [0, 0.05) is 29.9 Å². The Morgan fingerprint density at radius 1 is 1.21 bits per heavy atom. The van der Waals surface area contributed by atoms with Gasteiger partial charge >= 0.3 is 0 Å². The monoisotopic (exact) mass is 427 g/mol. The third-order valence-corrected chi connectivity index (χ3v) is 5.97. The number of benzene rings is 1. The summed E-state index contributed by atoms with van der Waals surface area (Å²) in [5.41, 5.74) is 2.84. The molecule has 1 aliphatic heterocycles. The van der Waals surface area contributed by atoms with Gasteiger partial charge in [-0.2, -0.15) is 0 Å². The lowest BCUT2D eigenvalue weighted by atomic mass is 10.0. The minimum absolute atomic E-state index is 0.102. The number of hydrogen-bond acceptors (Lipinski definition) is 4. The van der Waals surface area contributed by atoms with Crippen molar-refractivity contribution in [3.63, 3.8) is 0 Å². The van der Waals surface area contributed by atoms with Crippen molar-refractivity contribution in [2.75, 3.05) is 13.2 Å². The summed E-state index contributed by atoms with van der Waals surface area (Å²) < 4.78 is 6.31. The number of hydrogen-bond donors (Lipinski definition) is 2. The number of halogens is 1. The smallest absolute Gasteiger partial charge is 0.170 e. The maximum atomic E-state index is 9.32. The number of rotatable bonds is 6. The summed E-state index contributed by atoms with van der Waals surface area (Å²) in [4.78, 5) is 6.59. The van der Waals surface area contributed by atoms with Crippen molar-refractivity contribution in [2.24, 2.45) is 0 Å². The number of furan rings is 1. The highest BCUT2D eigenvalue weighted by atomic mass is 35.5. The van der Waals surface area contributed by atoms with E-state index < -0.39 is 0 Å². The summed E-state index contributed by atoms with van der Waals surface area (Å²) in [5, 5.41) is 14.0. The van der Waals surface area contributed by atoms with Crippen LogP contribution < -0.4 is 5.32 Å². The van der Waals surface area contributed by atoms with E-state index in [1.807, 2.05) is 55.5 Å². The van der Waals surface area contributed by atoms with E-state index in [0.717, 1.165) is 28.3 Å². The highest BCUT2D eigenvalue weighted by molar-refractivity contribution is 7.80. The van der Waals surface area contributed by atoms with Crippen LogP contribution in [0, 0.1) is 6.92 Å². The molecule has 5 nitrogen and oxygen atoms in total. The lowest BCUT2D eigenvalue weighted by Gasteiger charge is -2.25. The SMILES string of the molecule is Cc1c(Cl)cccc1-c1ccc([C@@H]2[C@@H](c3ccccn3)NC(=S)N2CCCO)o1. The van der Waals surface area contributed by atoms with Gasteiger partial charge in [0.05, 0.1) is 11.7 Å². The predicted octanol–water partition coefficient (Wildman–Crippen LogP) is 4.66. The van der Waals surface area contributed by atoms with Gasteiger partial charge in [0.15, 0.2) is 5.11 Å². The quantitative estimate of drug-likeness (QED) is 0.558. The molecule has 0 amide bonds. The fraction of sp³-hybridized carbons (Fsp3) is 0.273. The fourth-order valence-electron chi connectivity index (χ4n) is 3.73. The standard InChI is InChI=1S/C22H22ClN3O2S/c1-14-15(6-4-7-16(14)23)18-9-10-19(28-18)21-20(17-8-2-3-11-24-17)25-22(29)26(21)12-5-13-27/h2-4,6-11,20-21,27H,5,12-13H2,1H3,(H,25,29)/t20-,21-/m1/s1. The number of nitrogens with zero attached hydrogens (tertiary/aromatic N) is 2. The second kappa shape index (κ2) is 8.53. The van der Waals surface area contributed by atoms with Crippen LogP contribution in [0.5, 0.6) is 0 Å². The van der Waals surface area contributed by atoms with Crippen LogP contribution >= 0.6 is 23.8 Å². The maximum Gasteiger partial charge on any atom is 0.170 e. The Kier molecular flexibility index (Phi) is 5.85. The normalized spacial score (nSPS) is 18.9. The second-order valence-corrected chi connectivity index (χ2v) is 7.81. The number of aromatic nitrogens is 1. The van der Waals surface area contributed by atoms with Gasteiger partial charge in [-0.15, -0.1) is 0 Å². The van der Waals surface area contributed by atoms with Crippen molar-refractivity contribution in [3.05, 3.63) is 76.8 Å². The molecule has 7 heteroatoms. The minimum Gasteiger partial charge on any atom is -0.459 e. The molecule has 0 spiro atoms. The molecule has 29 heavy (non-hydrogen) atoms. The molecular formula is C22H22ClN3O2S. The van der Waals surface area contributed by atoms with Gasteiger partial charge in [-0.1, -0.05) is 29.8 Å². The van der Waals surface area contributed by atoms with Crippen LogP contribution in [-0.4, -0.2) is 33.3 Å². The lowest BCUT2D eigenvalue weighted by molar-refractivity contribution is 0.233. The zero-order valence-electron chi connectivity index (χ0n) is 16.0. The number of aliphatic hydroxyl groups excluding tert-OH is 1. The van der Waals surface area contributed by atoms with E-state index in [1.165, 1.54) is 0 Å². The molecule has 2 N–H and O–H groups in total. The topological polar surface area (TPSA) is 61.5 Å². The van der Waals surface area contributed by atoms with E-state index in [2.05, 4.69) is 15.2 Å². The summed E-state index contributed by atoms with van der Waals surface area (Å²) in [7, 11) is 0. The fourth-order valence-corrected chi connectivity index (χ4v) is 4.23. The number of nitrogens with one attached hydrogen (secondary N) is 1. The zero-order chi connectivity index (χ0) is 20.4. The Hall–Kier alpha value is -2.41. The third-order valence-electron chi connectivity index (χ3n) is 5.21. The molecular weight excluding hydrogens is 406 g/mol. The molecule has 3 aromatic rings. The van der Waals surface area contributed by atoms with Crippen LogP contribution in [0.1, 0.15) is 35.5 Å². The van der Waals surface area contributed by atoms with Crippen molar-refractivity contribution in [1.82, 2.24) is 15.2 Å². The molecule has 0 unspecified atom stereocenters. The molecule has 1 aromatic carbocycles. The Balaban J connectivity index is 1.73. The second-order valence-electron chi connectivity index (χ2n) is 7.01. The minimum atomic E-state index is -0.155. The summed E-state index contributed by atoms with van der Waals surface area (Å²) in [6.45, 7) is 2.71. The van der Waals surface area contributed by atoms with Crippen LogP contribution in [0.4, 0.5) is 0 Å². The number of pyridine rings is 1. The van der Waals surface area contributed by atoms with E-state index in [4.69, 9.17) is 28.2 Å². The van der Waals surface area contributed by atoms with E-state index in [1.54, 1.807) is 6.20 Å². The molecule has 150 valence electrons. The van der Waals surface area contributed by atoms with Crippen molar-refractivity contribution in [3.8, 4) is 11.3 Å². The molecule has 3 heterocycles. The first-order valence-corrected chi connectivity index (χ1v) is 10.3. The Morgan fingerprint density at radius 2 is 2.07 bits per heavy atom. The highest BCUT2D eigenvalue weighted by Crippen LogP contribution is 2.41. The number of thiocarbonyl (C=S) groups is 1. The molecule has 0 saturated carbocycles. The van der Waals surface area contributed by atoms with Gasteiger partial charge < -0.3 is 19.7 Å². The van der Waals surface area contributed by atoms with Crippen molar-refractivity contribution in [1.29, 1.82) is 0 Å². The van der Waals surface area contributed by atoms with Crippen LogP contribution in [0.3, 0.4) is 0 Å². The molecule has 4 rings (SSSR count). The molecule has 1 saturated heterocycles.